The Morgan fingerprint density at radius 2 is 1.72 bits per heavy atom. The minimum absolute atomic E-state index is 0.0188. The van der Waals surface area contributed by atoms with Crippen molar-refractivity contribution in [1.29, 1.82) is 0 Å². The molecule has 1 aliphatic carbocycles. The molecule has 0 fully saturated rings. The minimum atomic E-state index is -4.45. The van der Waals surface area contributed by atoms with Crippen LogP contribution in [0.3, 0.4) is 0 Å². The number of aliphatic carboxylic acids is 1. The number of nitrogens with one attached hydrogen (secondary N) is 1. The molecule has 166 valence electrons. The first-order valence-electron chi connectivity index (χ1n) is 9.11. The molecule has 1 aromatic heterocycles. The van der Waals surface area contributed by atoms with E-state index in [0.717, 1.165) is 12.1 Å². The molecule has 1 aliphatic rings. The molecular formula is C20H15Cl2N3O6S. The maximum Gasteiger partial charge on any atom is 0.324 e. The van der Waals surface area contributed by atoms with Gasteiger partial charge in [0.25, 0.3) is 15.8 Å². The summed E-state index contributed by atoms with van der Waals surface area (Å²) in [4.78, 5) is 36.6. The Bertz CT molecular complexity index is 1440. The number of hydrogen-bond acceptors (Lipinski definition) is 6. The van der Waals surface area contributed by atoms with Crippen molar-refractivity contribution in [2.45, 2.75) is 4.90 Å². The molecule has 0 saturated carbocycles. The molecule has 0 aliphatic heterocycles. The number of sulfonamides is 1. The predicted octanol–water partition coefficient (Wildman–Crippen LogP) is 3.19. The molecule has 2 bridgehead atoms. The number of carbonyl (C=O) groups excluding carboxylic acids is 2. The summed E-state index contributed by atoms with van der Waals surface area (Å²) in [6.45, 7) is -0.935. The van der Waals surface area contributed by atoms with Crippen LogP contribution in [-0.4, -0.2) is 49.2 Å². The monoisotopic (exact) mass is 495 g/mol. The lowest BCUT2D eigenvalue weighted by Crippen LogP contribution is -2.36. The number of fused-ring (bicyclic) bond motifs is 1. The molecule has 0 amide bonds. The van der Waals surface area contributed by atoms with Gasteiger partial charge in [0.2, 0.25) is 5.78 Å². The molecule has 0 spiro atoms. The summed E-state index contributed by atoms with van der Waals surface area (Å²) in [5.41, 5.74) is 0.874. The Morgan fingerprint density at radius 3 is 2.28 bits per heavy atom. The van der Waals surface area contributed by atoms with E-state index in [2.05, 4.69) is 5.32 Å². The summed E-state index contributed by atoms with van der Waals surface area (Å²) in [5.74, 6) is -2.98. The second-order valence-electron chi connectivity index (χ2n) is 7.09. The molecule has 2 aromatic carbocycles. The highest BCUT2D eigenvalue weighted by Gasteiger charge is 2.37. The van der Waals surface area contributed by atoms with Crippen LogP contribution in [0.4, 0.5) is 11.4 Å². The van der Waals surface area contributed by atoms with Gasteiger partial charge < -0.3 is 15.0 Å². The van der Waals surface area contributed by atoms with Crippen molar-refractivity contribution in [3.05, 3.63) is 51.6 Å². The van der Waals surface area contributed by atoms with E-state index >= 15 is 0 Å². The summed E-state index contributed by atoms with van der Waals surface area (Å²) in [5, 5.41) is 12.9. The predicted molar refractivity (Wildman–Crippen MR) is 120 cm³/mol. The molecule has 0 saturated heterocycles. The lowest BCUT2D eigenvalue weighted by molar-refractivity contribution is -0.135. The number of aryl methyl sites for hydroxylation is 1. The van der Waals surface area contributed by atoms with E-state index in [1.165, 1.54) is 22.8 Å². The third-order valence-electron chi connectivity index (χ3n) is 5.19. The van der Waals surface area contributed by atoms with E-state index in [-0.39, 0.29) is 31.9 Å². The van der Waals surface area contributed by atoms with E-state index in [9.17, 15) is 27.9 Å². The van der Waals surface area contributed by atoms with Crippen LogP contribution in [0.5, 0.6) is 0 Å². The second-order valence-corrected chi connectivity index (χ2v) is 9.82. The standard InChI is InChI=1S/C20H15Cl2N3O6S/c1-23-17-16-13-6-11(7-14(16)24(2)18(17)20(29)19(13)28)25(8-15(26)27)32(30,31)12-4-9(21)3-10(22)5-12/h3-7,23H,8H2,1-2H3,(H,26,27). The average Bonchev–Trinajstić information content (AvgIpc) is 2.98. The van der Waals surface area contributed by atoms with Crippen molar-refractivity contribution in [1.82, 2.24) is 4.57 Å². The number of halogens is 2. The van der Waals surface area contributed by atoms with Crippen LogP contribution in [-0.2, 0) is 21.9 Å². The highest BCUT2D eigenvalue weighted by molar-refractivity contribution is 7.92. The number of hydrogen-bond donors (Lipinski definition) is 2. The number of anilines is 2. The number of rotatable bonds is 6. The zero-order chi connectivity index (χ0) is 23.5. The first-order chi connectivity index (χ1) is 15.0. The largest absolute Gasteiger partial charge is 0.480 e. The smallest absolute Gasteiger partial charge is 0.324 e. The van der Waals surface area contributed by atoms with Gasteiger partial charge in [-0.15, -0.1) is 0 Å². The maximum absolute atomic E-state index is 13.4. The number of carboxylic acids is 1. The highest BCUT2D eigenvalue weighted by atomic mass is 35.5. The normalized spacial score (nSPS) is 13.1. The Labute approximate surface area is 192 Å². The van der Waals surface area contributed by atoms with Gasteiger partial charge >= 0.3 is 5.97 Å². The van der Waals surface area contributed by atoms with Gasteiger partial charge in [-0.3, -0.25) is 18.7 Å². The number of carboxylic acid groups (broad SMARTS) is 1. The fraction of sp³-hybridized carbons (Fsp3) is 0.150. The molecule has 9 nitrogen and oxygen atoms in total. The molecular weight excluding hydrogens is 481 g/mol. The maximum atomic E-state index is 13.4. The van der Waals surface area contributed by atoms with Crippen molar-refractivity contribution >= 4 is 73.0 Å². The summed E-state index contributed by atoms with van der Waals surface area (Å²) < 4.78 is 28.9. The van der Waals surface area contributed by atoms with Gasteiger partial charge in [0.05, 0.1) is 21.8 Å². The molecule has 32 heavy (non-hydrogen) atoms. The van der Waals surface area contributed by atoms with Gasteiger partial charge in [0.1, 0.15) is 12.2 Å². The van der Waals surface area contributed by atoms with Crippen molar-refractivity contribution in [3.8, 4) is 0 Å². The fourth-order valence-corrected chi connectivity index (χ4v) is 5.98. The highest BCUT2D eigenvalue weighted by Crippen LogP contribution is 2.41. The topological polar surface area (TPSA) is 126 Å². The van der Waals surface area contributed by atoms with Crippen LogP contribution in [0, 0.1) is 0 Å². The number of Topliss-reactive ketones (excluding diaryl/α,β-unsaturated/α-hetero) is 2. The van der Waals surface area contributed by atoms with Crippen molar-refractivity contribution in [3.63, 3.8) is 0 Å². The summed E-state index contributed by atoms with van der Waals surface area (Å²) >= 11 is 11.9. The van der Waals surface area contributed by atoms with Crippen molar-refractivity contribution in [2.75, 3.05) is 23.2 Å². The average molecular weight is 496 g/mol. The summed E-state index contributed by atoms with van der Waals surface area (Å²) in [6, 6.07) is 6.25. The van der Waals surface area contributed by atoms with Crippen LogP contribution >= 0.6 is 23.2 Å². The first kappa shape index (κ1) is 22.1. The Kier molecular flexibility index (Phi) is 5.19. The van der Waals surface area contributed by atoms with Crippen LogP contribution in [0.25, 0.3) is 10.9 Å². The number of carbonyl (C=O) groups is 3. The number of nitrogens with zero attached hydrogens (tertiary/aromatic N) is 2. The third-order valence-corrected chi connectivity index (χ3v) is 7.38. The SMILES string of the molecule is CNc1c2n(C)c3cc(N(CC(=O)O)S(=O)(=O)c4cc(Cl)cc(Cl)c4)cc(c13)C(=O)C2=O. The molecule has 12 heteroatoms. The number of benzene rings is 2. The molecule has 2 N–H and O–H groups in total. The van der Waals surface area contributed by atoms with Gasteiger partial charge in [0.15, 0.2) is 0 Å². The van der Waals surface area contributed by atoms with Crippen LogP contribution in [0.2, 0.25) is 10.0 Å². The van der Waals surface area contributed by atoms with Gasteiger partial charge in [-0.1, -0.05) is 23.2 Å². The third kappa shape index (κ3) is 3.22. The fourth-order valence-electron chi connectivity index (χ4n) is 3.85. The quantitative estimate of drug-likeness (QED) is 0.502. The van der Waals surface area contributed by atoms with E-state index < -0.39 is 34.1 Å². The Morgan fingerprint density at radius 1 is 1.09 bits per heavy atom. The first-order valence-corrected chi connectivity index (χ1v) is 11.3. The molecule has 0 unspecified atom stereocenters. The zero-order valence-corrected chi connectivity index (χ0v) is 19.0. The lowest BCUT2D eigenvalue weighted by atomic mass is 9.95. The molecule has 1 heterocycles. The Hall–Kier alpha value is -3.08. The number of aromatic nitrogens is 1. The number of ketones is 2. The van der Waals surface area contributed by atoms with Crippen molar-refractivity contribution < 1.29 is 27.9 Å². The molecule has 3 aromatic rings. The van der Waals surface area contributed by atoms with Gasteiger partial charge in [0, 0.05) is 35.1 Å². The molecule has 0 radical (unpaired) electrons. The van der Waals surface area contributed by atoms with E-state index in [1.54, 1.807) is 14.1 Å². The van der Waals surface area contributed by atoms with Gasteiger partial charge in [-0.05, 0) is 30.3 Å². The van der Waals surface area contributed by atoms with Crippen LogP contribution < -0.4 is 9.62 Å². The van der Waals surface area contributed by atoms with E-state index in [0.29, 0.717) is 20.9 Å². The van der Waals surface area contributed by atoms with E-state index in [1.807, 2.05) is 0 Å². The van der Waals surface area contributed by atoms with Crippen LogP contribution in [0.15, 0.2) is 35.2 Å². The Balaban J connectivity index is 2.01. The molecule has 0 atom stereocenters. The summed E-state index contributed by atoms with van der Waals surface area (Å²) in [7, 11) is -1.29. The van der Waals surface area contributed by atoms with Gasteiger partial charge in [-0.2, -0.15) is 0 Å². The van der Waals surface area contributed by atoms with E-state index in [4.69, 9.17) is 23.2 Å². The van der Waals surface area contributed by atoms with Crippen LogP contribution in [0.1, 0.15) is 20.8 Å². The van der Waals surface area contributed by atoms with Gasteiger partial charge in [-0.25, -0.2) is 8.42 Å². The summed E-state index contributed by atoms with van der Waals surface area (Å²) in [6.07, 6.45) is 0. The second kappa shape index (κ2) is 7.51. The molecule has 4 rings (SSSR count). The van der Waals surface area contributed by atoms with Crippen molar-refractivity contribution in [2.24, 2.45) is 7.05 Å². The minimum Gasteiger partial charge on any atom is -0.480 e. The lowest BCUT2D eigenvalue weighted by Gasteiger charge is -2.24. The zero-order valence-electron chi connectivity index (χ0n) is 16.6.